The predicted molar refractivity (Wildman–Crippen MR) is 284 cm³/mol. The van der Waals surface area contributed by atoms with Crippen molar-refractivity contribution in [1.29, 1.82) is 0 Å². The van der Waals surface area contributed by atoms with Crippen LogP contribution in [0.25, 0.3) is 0 Å². The molecule has 0 spiro atoms. The van der Waals surface area contributed by atoms with Gasteiger partial charge in [0.05, 0.1) is 0 Å². The Morgan fingerprint density at radius 2 is 0.576 bits per heavy atom. The maximum absolute atomic E-state index is 12.8. The van der Waals surface area contributed by atoms with Crippen molar-refractivity contribution in [3.05, 3.63) is 48.6 Å². The van der Waals surface area contributed by atoms with Crippen molar-refractivity contribution < 1.29 is 28.6 Å². The van der Waals surface area contributed by atoms with E-state index in [1.54, 1.807) is 0 Å². The van der Waals surface area contributed by atoms with Gasteiger partial charge < -0.3 is 14.2 Å². The Morgan fingerprint density at radius 1 is 0.303 bits per heavy atom. The van der Waals surface area contributed by atoms with Crippen LogP contribution in [0.4, 0.5) is 0 Å². The van der Waals surface area contributed by atoms with Crippen molar-refractivity contribution in [3.63, 3.8) is 0 Å². The van der Waals surface area contributed by atoms with E-state index in [-0.39, 0.29) is 31.1 Å². The van der Waals surface area contributed by atoms with Gasteiger partial charge in [-0.25, -0.2) is 0 Å². The normalized spacial score (nSPS) is 12.3. The van der Waals surface area contributed by atoms with Crippen LogP contribution in [0.1, 0.15) is 297 Å². The van der Waals surface area contributed by atoms with Crippen LogP contribution < -0.4 is 0 Å². The maximum atomic E-state index is 12.8. The van der Waals surface area contributed by atoms with Crippen LogP contribution in [0.15, 0.2) is 48.6 Å². The van der Waals surface area contributed by atoms with Crippen molar-refractivity contribution in [2.45, 2.75) is 303 Å². The van der Waals surface area contributed by atoms with E-state index in [0.717, 1.165) is 96.3 Å². The Bertz CT molecular complexity index is 1150. The van der Waals surface area contributed by atoms with Gasteiger partial charge in [-0.15, -0.1) is 0 Å². The summed E-state index contributed by atoms with van der Waals surface area (Å²) < 4.78 is 16.8. The summed E-state index contributed by atoms with van der Waals surface area (Å²) >= 11 is 0. The van der Waals surface area contributed by atoms with E-state index in [1.165, 1.54) is 161 Å². The highest BCUT2D eigenvalue weighted by atomic mass is 16.6. The average molecular weight is 926 g/mol. The monoisotopic (exact) mass is 925 g/mol. The number of carbonyl (C=O) groups excluding carboxylic acids is 3. The van der Waals surface area contributed by atoms with E-state index < -0.39 is 6.10 Å². The summed E-state index contributed by atoms with van der Waals surface area (Å²) in [6, 6.07) is 0. The molecule has 0 heterocycles. The smallest absolute Gasteiger partial charge is 0.306 e. The SMILES string of the molecule is CCC/C=C\C/C=C\CCCCCCCC(=O)OC(COC(=O)CCCCCCC/C=C\CCCCC)COC(=O)CCCCCCCCCCCCC/C=C\CCCCCCCCCC. The third-order valence-corrected chi connectivity index (χ3v) is 12.5. The molecule has 1 atom stereocenters. The van der Waals surface area contributed by atoms with Gasteiger partial charge in [0, 0.05) is 19.3 Å². The Kier molecular flexibility index (Phi) is 52.8. The van der Waals surface area contributed by atoms with Gasteiger partial charge in [0.1, 0.15) is 13.2 Å². The number of hydrogen-bond donors (Lipinski definition) is 0. The van der Waals surface area contributed by atoms with E-state index in [9.17, 15) is 14.4 Å². The van der Waals surface area contributed by atoms with E-state index in [0.29, 0.717) is 19.3 Å². The molecule has 0 aliphatic rings. The summed E-state index contributed by atoms with van der Waals surface area (Å²) in [5.41, 5.74) is 0. The van der Waals surface area contributed by atoms with Crippen LogP contribution in [-0.2, 0) is 28.6 Å². The molecule has 0 aliphatic carbocycles. The first kappa shape index (κ1) is 63.4. The van der Waals surface area contributed by atoms with Crippen molar-refractivity contribution in [3.8, 4) is 0 Å². The van der Waals surface area contributed by atoms with Gasteiger partial charge in [0.2, 0.25) is 0 Å². The fourth-order valence-electron chi connectivity index (χ4n) is 8.18. The fraction of sp³-hybridized carbons (Fsp3) is 0.817. The molecule has 384 valence electrons. The lowest BCUT2D eigenvalue weighted by molar-refractivity contribution is -0.167. The molecule has 0 amide bonds. The number of rotatable bonds is 52. The molecule has 66 heavy (non-hydrogen) atoms. The van der Waals surface area contributed by atoms with Crippen molar-refractivity contribution in [2.24, 2.45) is 0 Å². The molecule has 0 saturated carbocycles. The minimum Gasteiger partial charge on any atom is -0.462 e. The Balaban J connectivity index is 4.26. The summed E-state index contributed by atoms with van der Waals surface area (Å²) in [6.07, 6.45) is 66.8. The molecule has 0 aromatic rings. The molecule has 0 aliphatic heterocycles. The second-order valence-electron chi connectivity index (χ2n) is 19.2. The van der Waals surface area contributed by atoms with Gasteiger partial charge in [-0.3, -0.25) is 14.4 Å². The second-order valence-corrected chi connectivity index (χ2v) is 19.2. The van der Waals surface area contributed by atoms with Crippen LogP contribution in [0.5, 0.6) is 0 Å². The highest BCUT2D eigenvalue weighted by molar-refractivity contribution is 5.71. The van der Waals surface area contributed by atoms with Gasteiger partial charge in [-0.1, -0.05) is 230 Å². The molecule has 0 N–H and O–H groups in total. The first-order valence-corrected chi connectivity index (χ1v) is 28.6. The van der Waals surface area contributed by atoms with Crippen LogP contribution in [-0.4, -0.2) is 37.2 Å². The predicted octanol–water partition coefficient (Wildman–Crippen LogP) is 19.0. The number of carbonyl (C=O) groups is 3. The van der Waals surface area contributed by atoms with E-state index in [1.807, 2.05) is 0 Å². The molecule has 0 rings (SSSR count). The summed E-state index contributed by atoms with van der Waals surface area (Å²) in [7, 11) is 0. The minimum atomic E-state index is -0.782. The quantitative estimate of drug-likeness (QED) is 0.0262. The van der Waals surface area contributed by atoms with Gasteiger partial charge in [0.15, 0.2) is 6.10 Å². The first-order valence-electron chi connectivity index (χ1n) is 28.6. The van der Waals surface area contributed by atoms with Crippen LogP contribution in [0, 0.1) is 0 Å². The minimum absolute atomic E-state index is 0.0805. The van der Waals surface area contributed by atoms with E-state index in [4.69, 9.17) is 14.2 Å². The van der Waals surface area contributed by atoms with Crippen LogP contribution in [0.3, 0.4) is 0 Å². The summed E-state index contributed by atoms with van der Waals surface area (Å²) in [6.45, 7) is 6.55. The zero-order valence-electron chi connectivity index (χ0n) is 44.0. The van der Waals surface area contributed by atoms with Crippen LogP contribution in [0.2, 0.25) is 0 Å². The standard InChI is InChI=1S/C60H108O6/c1-4-7-10-13-16-19-22-25-26-27-28-29-30-31-32-33-34-36-38-41-44-47-50-53-59(62)65-56-57(55-64-58(61)52-49-46-43-40-37-24-21-18-15-12-9-6-3)66-60(63)54-51-48-45-42-39-35-23-20-17-14-11-8-5-2/h11,14,18,20-21,23,27-28,57H,4-10,12-13,15-17,19,22,24-26,29-56H2,1-3H3/b14-11-,21-18-,23-20-,28-27-. The average Bonchev–Trinajstić information content (AvgIpc) is 3.31. The molecule has 0 saturated heterocycles. The Hall–Kier alpha value is -2.63. The molecule has 1 unspecified atom stereocenters. The third kappa shape index (κ3) is 52.3. The number of unbranched alkanes of at least 4 members (excludes halogenated alkanes) is 33. The molecule has 0 aromatic heterocycles. The molecular formula is C60H108O6. The van der Waals surface area contributed by atoms with E-state index in [2.05, 4.69) is 69.4 Å². The molecule has 0 radical (unpaired) electrons. The van der Waals surface area contributed by atoms with Crippen LogP contribution >= 0.6 is 0 Å². The molecule has 0 fully saturated rings. The molecular weight excluding hydrogens is 817 g/mol. The topological polar surface area (TPSA) is 78.9 Å². The number of allylic oxidation sites excluding steroid dienone is 8. The third-order valence-electron chi connectivity index (χ3n) is 12.5. The molecule has 6 nitrogen and oxygen atoms in total. The van der Waals surface area contributed by atoms with Crippen molar-refractivity contribution >= 4 is 17.9 Å². The summed E-state index contributed by atoms with van der Waals surface area (Å²) in [4.78, 5) is 38.0. The molecule has 0 bridgehead atoms. The van der Waals surface area contributed by atoms with Gasteiger partial charge >= 0.3 is 17.9 Å². The van der Waals surface area contributed by atoms with E-state index >= 15 is 0 Å². The highest BCUT2D eigenvalue weighted by Gasteiger charge is 2.19. The number of hydrogen-bond acceptors (Lipinski definition) is 6. The zero-order chi connectivity index (χ0) is 47.9. The van der Waals surface area contributed by atoms with Crippen molar-refractivity contribution in [1.82, 2.24) is 0 Å². The Morgan fingerprint density at radius 3 is 0.939 bits per heavy atom. The summed E-state index contributed by atoms with van der Waals surface area (Å²) in [5.74, 6) is -0.895. The lowest BCUT2D eigenvalue weighted by Gasteiger charge is -2.18. The lowest BCUT2D eigenvalue weighted by atomic mass is 10.0. The van der Waals surface area contributed by atoms with Gasteiger partial charge in [0.25, 0.3) is 0 Å². The summed E-state index contributed by atoms with van der Waals surface area (Å²) in [5, 5.41) is 0. The van der Waals surface area contributed by atoms with Gasteiger partial charge in [-0.05, 0) is 96.3 Å². The number of esters is 3. The lowest BCUT2D eigenvalue weighted by Crippen LogP contribution is -2.30. The fourth-order valence-corrected chi connectivity index (χ4v) is 8.18. The molecule has 0 aromatic carbocycles. The molecule has 6 heteroatoms. The second kappa shape index (κ2) is 55.0. The van der Waals surface area contributed by atoms with Crippen molar-refractivity contribution in [2.75, 3.05) is 13.2 Å². The number of ether oxygens (including phenoxy) is 3. The largest absolute Gasteiger partial charge is 0.462 e. The highest BCUT2D eigenvalue weighted by Crippen LogP contribution is 2.16. The Labute approximate surface area is 409 Å². The zero-order valence-corrected chi connectivity index (χ0v) is 44.0. The first-order chi connectivity index (χ1) is 32.5. The maximum Gasteiger partial charge on any atom is 0.306 e. The van der Waals surface area contributed by atoms with Gasteiger partial charge in [-0.2, -0.15) is 0 Å².